The molecule has 2 unspecified atom stereocenters. The molecule has 1 saturated carbocycles. The summed E-state index contributed by atoms with van der Waals surface area (Å²) in [6.07, 6.45) is -4.17. The number of carbonyl (C=O) groups is 2. The molecule has 3 N–H and O–H groups in total. The highest BCUT2D eigenvalue weighted by Crippen LogP contribution is 2.46. The van der Waals surface area contributed by atoms with Crippen LogP contribution in [-0.2, 0) is 21.3 Å². The van der Waals surface area contributed by atoms with Crippen molar-refractivity contribution >= 4 is 11.8 Å². The highest BCUT2D eigenvalue weighted by atomic mass is 19.4. The number of hydrogen-bond donors (Lipinski definition) is 3. The van der Waals surface area contributed by atoms with E-state index in [1.165, 1.54) is 6.07 Å². The van der Waals surface area contributed by atoms with Gasteiger partial charge in [0.15, 0.2) is 0 Å². The fourth-order valence-corrected chi connectivity index (χ4v) is 3.03. The van der Waals surface area contributed by atoms with Crippen LogP contribution in [0.3, 0.4) is 0 Å². The van der Waals surface area contributed by atoms with Gasteiger partial charge in [-0.1, -0.05) is 6.07 Å². The van der Waals surface area contributed by atoms with Gasteiger partial charge in [-0.3, -0.25) is 14.9 Å². The Bertz CT molecular complexity index is 716. The Morgan fingerprint density at radius 1 is 1.32 bits per heavy atom. The Morgan fingerprint density at radius 2 is 2.00 bits per heavy atom. The average molecular weight is 359 g/mol. The number of halogens is 4. The third-order valence-electron chi connectivity index (χ3n) is 4.47. The van der Waals surface area contributed by atoms with Gasteiger partial charge in [-0.05, 0) is 37.5 Å². The van der Waals surface area contributed by atoms with Crippen molar-refractivity contribution in [1.82, 2.24) is 16.0 Å². The number of alkyl halides is 3. The molecule has 2 fully saturated rings. The van der Waals surface area contributed by atoms with E-state index >= 15 is 0 Å². The molecule has 25 heavy (non-hydrogen) atoms. The summed E-state index contributed by atoms with van der Waals surface area (Å²) in [5.41, 5.74) is -1.92. The quantitative estimate of drug-likeness (QED) is 0.721. The summed E-state index contributed by atoms with van der Waals surface area (Å²) in [7, 11) is 0. The van der Waals surface area contributed by atoms with Gasteiger partial charge >= 0.3 is 6.18 Å². The lowest BCUT2D eigenvalue weighted by Crippen LogP contribution is -2.60. The summed E-state index contributed by atoms with van der Waals surface area (Å²) in [5, 5.41) is 8.29. The number of benzene rings is 1. The van der Waals surface area contributed by atoms with Crippen LogP contribution in [0.1, 0.15) is 37.3 Å². The highest BCUT2D eigenvalue weighted by Gasteiger charge is 2.48. The highest BCUT2D eigenvalue weighted by molar-refractivity contribution is 5.90. The van der Waals surface area contributed by atoms with Gasteiger partial charge in [0.25, 0.3) is 0 Å². The number of nitrogens with one attached hydrogen (secondary N) is 3. The number of hydrogen-bond acceptors (Lipinski definition) is 3. The van der Waals surface area contributed by atoms with E-state index in [0.717, 1.165) is 6.07 Å². The second-order valence-electron chi connectivity index (χ2n) is 6.48. The molecule has 0 aromatic heterocycles. The maximum absolute atomic E-state index is 13.8. The van der Waals surface area contributed by atoms with Crippen LogP contribution in [0.5, 0.6) is 0 Å². The van der Waals surface area contributed by atoms with E-state index in [9.17, 15) is 27.2 Å². The zero-order chi connectivity index (χ0) is 18.4. The molecule has 3 rings (SSSR count). The van der Waals surface area contributed by atoms with Gasteiger partial charge < -0.3 is 10.6 Å². The third kappa shape index (κ3) is 3.60. The summed E-state index contributed by atoms with van der Waals surface area (Å²) in [6.45, 7) is 1.69. The number of carbonyl (C=O) groups excluding carboxylic acids is 2. The Morgan fingerprint density at radius 3 is 2.52 bits per heavy atom. The van der Waals surface area contributed by atoms with E-state index in [4.69, 9.17) is 0 Å². The van der Waals surface area contributed by atoms with Crippen molar-refractivity contribution in [3.8, 4) is 0 Å². The molecule has 1 saturated heterocycles. The van der Waals surface area contributed by atoms with Gasteiger partial charge in [0.2, 0.25) is 11.8 Å². The lowest BCUT2D eigenvalue weighted by molar-refractivity contribution is -0.140. The topological polar surface area (TPSA) is 70.2 Å². The molecule has 136 valence electrons. The molecule has 0 spiro atoms. The van der Waals surface area contributed by atoms with Gasteiger partial charge in [-0.2, -0.15) is 13.2 Å². The van der Waals surface area contributed by atoms with E-state index in [-0.39, 0.29) is 18.5 Å². The van der Waals surface area contributed by atoms with Crippen LogP contribution in [0, 0.1) is 5.82 Å². The minimum absolute atomic E-state index is 0.0341. The molecular formula is C16H17F4N3O2. The molecule has 1 heterocycles. The van der Waals surface area contributed by atoms with Crippen molar-refractivity contribution in [2.75, 3.05) is 0 Å². The lowest BCUT2D eigenvalue weighted by Gasteiger charge is -2.30. The SMILES string of the molecule is CC1NC(=O)CC(C(=O)NC2(c3ccc(C(F)(F)F)c(F)c3)CC2)N1. The van der Waals surface area contributed by atoms with E-state index < -0.39 is 35.0 Å². The number of amides is 2. The summed E-state index contributed by atoms with van der Waals surface area (Å²) in [6, 6.07) is 1.95. The Balaban J connectivity index is 1.75. The van der Waals surface area contributed by atoms with Gasteiger partial charge in [0.1, 0.15) is 5.82 Å². The van der Waals surface area contributed by atoms with Crippen molar-refractivity contribution < 1.29 is 27.2 Å². The minimum Gasteiger partial charge on any atom is -0.345 e. The van der Waals surface area contributed by atoms with Gasteiger partial charge in [0.05, 0.1) is 29.7 Å². The average Bonchev–Trinajstić information content (AvgIpc) is 3.25. The Hall–Kier alpha value is -2.16. The molecule has 1 aromatic carbocycles. The zero-order valence-corrected chi connectivity index (χ0v) is 13.3. The largest absolute Gasteiger partial charge is 0.419 e. The molecule has 9 heteroatoms. The molecule has 1 aromatic rings. The molecule has 1 aliphatic carbocycles. The molecule has 1 aliphatic heterocycles. The first-order valence-electron chi connectivity index (χ1n) is 7.85. The molecule has 2 atom stereocenters. The first-order chi connectivity index (χ1) is 11.6. The standard InChI is InChI=1S/C16H17F4N3O2/c1-8-21-12(7-13(24)22-8)14(25)23-15(4-5-15)9-2-3-10(11(17)6-9)16(18,19)20/h2-3,6,8,12,21H,4-5,7H2,1H3,(H,22,24)(H,23,25). The summed E-state index contributed by atoms with van der Waals surface area (Å²) >= 11 is 0. The zero-order valence-electron chi connectivity index (χ0n) is 13.3. The number of rotatable bonds is 3. The smallest absolute Gasteiger partial charge is 0.345 e. The normalized spacial score (nSPS) is 25.2. The Kier molecular flexibility index (Phi) is 4.22. The fraction of sp³-hybridized carbons (Fsp3) is 0.500. The van der Waals surface area contributed by atoms with Crippen molar-refractivity contribution in [3.63, 3.8) is 0 Å². The summed E-state index contributed by atoms with van der Waals surface area (Å²) < 4.78 is 51.8. The summed E-state index contributed by atoms with van der Waals surface area (Å²) in [4.78, 5) is 23.9. The maximum Gasteiger partial charge on any atom is 0.419 e. The maximum atomic E-state index is 13.8. The summed E-state index contributed by atoms with van der Waals surface area (Å²) in [5.74, 6) is -2.06. The lowest BCUT2D eigenvalue weighted by atomic mass is 10.0. The van der Waals surface area contributed by atoms with Crippen molar-refractivity contribution in [1.29, 1.82) is 0 Å². The van der Waals surface area contributed by atoms with E-state index in [1.807, 2.05) is 0 Å². The Labute approximate surface area is 141 Å². The van der Waals surface area contributed by atoms with E-state index in [0.29, 0.717) is 24.5 Å². The minimum atomic E-state index is -4.77. The van der Waals surface area contributed by atoms with Crippen LogP contribution in [-0.4, -0.2) is 24.0 Å². The van der Waals surface area contributed by atoms with Crippen LogP contribution in [0.25, 0.3) is 0 Å². The van der Waals surface area contributed by atoms with Crippen LogP contribution >= 0.6 is 0 Å². The van der Waals surface area contributed by atoms with Crippen LogP contribution in [0.15, 0.2) is 18.2 Å². The molecule has 2 aliphatic rings. The second kappa shape index (κ2) is 5.98. The molecule has 5 nitrogen and oxygen atoms in total. The first-order valence-corrected chi connectivity index (χ1v) is 7.85. The predicted octanol–water partition coefficient (Wildman–Crippen LogP) is 1.77. The monoisotopic (exact) mass is 359 g/mol. The fourth-order valence-electron chi connectivity index (χ4n) is 3.03. The van der Waals surface area contributed by atoms with Gasteiger partial charge in [-0.15, -0.1) is 0 Å². The van der Waals surface area contributed by atoms with Crippen LogP contribution in [0.4, 0.5) is 17.6 Å². The molecule has 2 amide bonds. The predicted molar refractivity (Wildman–Crippen MR) is 79.6 cm³/mol. The molecular weight excluding hydrogens is 342 g/mol. The van der Waals surface area contributed by atoms with Gasteiger partial charge in [-0.25, -0.2) is 4.39 Å². The molecule has 0 bridgehead atoms. The van der Waals surface area contributed by atoms with E-state index in [1.54, 1.807) is 6.92 Å². The molecule has 0 radical (unpaired) electrons. The first kappa shape index (κ1) is 17.7. The third-order valence-corrected chi connectivity index (χ3v) is 4.47. The van der Waals surface area contributed by atoms with Crippen molar-refractivity contribution in [3.05, 3.63) is 35.1 Å². The van der Waals surface area contributed by atoms with Crippen molar-refractivity contribution in [2.24, 2.45) is 0 Å². The van der Waals surface area contributed by atoms with Crippen LogP contribution in [0.2, 0.25) is 0 Å². The second-order valence-corrected chi connectivity index (χ2v) is 6.48. The van der Waals surface area contributed by atoms with Gasteiger partial charge in [0, 0.05) is 0 Å². The van der Waals surface area contributed by atoms with Crippen LogP contribution < -0.4 is 16.0 Å². The van der Waals surface area contributed by atoms with Crippen molar-refractivity contribution in [2.45, 2.75) is 50.1 Å². The van der Waals surface area contributed by atoms with E-state index in [2.05, 4.69) is 16.0 Å².